The lowest BCUT2D eigenvalue weighted by Gasteiger charge is -2.18. The van der Waals surface area contributed by atoms with Crippen molar-refractivity contribution in [2.24, 2.45) is 0 Å². The molecule has 0 aliphatic carbocycles. The molecule has 0 saturated carbocycles. The van der Waals surface area contributed by atoms with E-state index in [0.717, 1.165) is 5.16 Å². The van der Waals surface area contributed by atoms with E-state index in [4.69, 9.17) is 11.6 Å². The lowest BCUT2D eigenvalue weighted by atomic mass is 10.3. The van der Waals surface area contributed by atoms with E-state index in [0.29, 0.717) is 16.6 Å². The zero-order valence-corrected chi connectivity index (χ0v) is 16.7. The lowest BCUT2D eigenvalue weighted by Crippen LogP contribution is -2.29. The van der Waals surface area contributed by atoms with E-state index >= 15 is 0 Å². The minimum Gasteiger partial charge on any atom is -0.302 e. The number of hydrogen-bond donors (Lipinski definition) is 1. The molecule has 0 bridgehead atoms. The Bertz CT molecular complexity index is 832. The summed E-state index contributed by atoms with van der Waals surface area (Å²) >= 11 is 7.33. The average molecular weight is 401 g/mol. The van der Waals surface area contributed by atoms with Gasteiger partial charge in [0.1, 0.15) is 0 Å². The third-order valence-electron chi connectivity index (χ3n) is 3.38. The number of thioether (sulfide) groups is 1. The monoisotopic (exact) mass is 400 g/mol. The molecule has 0 fully saturated rings. The van der Waals surface area contributed by atoms with Crippen molar-refractivity contribution >= 4 is 33.4 Å². The normalized spacial score (nSPS) is 13.2. The predicted molar refractivity (Wildman–Crippen MR) is 102 cm³/mol. The Morgan fingerprint density at radius 2 is 1.92 bits per heavy atom. The Kier molecular flexibility index (Phi) is 6.67. The van der Waals surface area contributed by atoms with Crippen LogP contribution in [0.3, 0.4) is 0 Å². The minimum atomic E-state index is -3.69. The Hall–Kier alpha value is -1.35. The molecular weight excluding hydrogens is 380 g/mol. The molecule has 1 aromatic heterocycles. The van der Waals surface area contributed by atoms with Crippen molar-refractivity contribution in [1.82, 2.24) is 19.5 Å². The third-order valence-corrected chi connectivity index (χ3v) is 6.13. The summed E-state index contributed by atoms with van der Waals surface area (Å²) in [6, 6.07) is 5.59. The number of halogens is 1. The molecule has 0 radical (unpaired) electrons. The van der Waals surface area contributed by atoms with Crippen molar-refractivity contribution in [2.75, 3.05) is 5.75 Å². The molecule has 2 rings (SSSR count). The molecule has 0 unspecified atom stereocenters. The van der Waals surface area contributed by atoms with Gasteiger partial charge in [0.25, 0.3) is 0 Å². The van der Waals surface area contributed by atoms with Crippen LogP contribution in [-0.2, 0) is 10.0 Å². The smallest absolute Gasteiger partial charge is 0.241 e. The molecule has 2 aromatic rings. The zero-order chi connectivity index (χ0) is 18.6. The fraction of sp³-hybridized carbons (Fsp3) is 0.375. The molecule has 0 saturated heterocycles. The second-order valence-corrected chi connectivity index (χ2v) is 8.84. The molecular formula is C16H21ClN4O2S2. The van der Waals surface area contributed by atoms with Crippen LogP contribution in [0, 0.1) is 0 Å². The molecule has 0 spiro atoms. The van der Waals surface area contributed by atoms with E-state index in [9.17, 15) is 8.42 Å². The lowest BCUT2D eigenvalue weighted by molar-refractivity contribution is 0.490. The summed E-state index contributed by atoms with van der Waals surface area (Å²) in [5.41, 5.74) is 0. The topological polar surface area (TPSA) is 76.9 Å². The van der Waals surface area contributed by atoms with E-state index in [-0.39, 0.29) is 10.9 Å². The van der Waals surface area contributed by atoms with Gasteiger partial charge in [0.05, 0.1) is 10.9 Å². The summed E-state index contributed by atoms with van der Waals surface area (Å²) in [6.45, 7) is 9.46. The Balaban J connectivity index is 2.28. The summed E-state index contributed by atoms with van der Waals surface area (Å²) in [6.07, 6.45) is 1.79. The van der Waals surface area contributed by atoms with Crippen LogP contribution in [0.25, 0.3) is 0 Å². The molecule has 1 atom stereocenters. The van der Waals surface area contributed by atoms with E-state index in [1.807, 2.05) is 18.4 Å². The summed E-state index contributed by atoms with van der Waals surface area (Å²) < 4.78 is 29.7. The van der Waals surface area contributed by atoms with Gasteiger partial charge in [0.15, 0.2) is 11.0 Å². The number of nitrogens with one attached hydrogen (secondary N) is 1. The van der Waals surface area contributed by atoms with Crippen LogP contribution in [0.15, 0.2) is 47.0 Å². The standard InChI is InChI=1S/C16H21ClN4O2S2/c1-5-10-24-16-19-18-15(21(16)11(2)3)12(4)20-25(22,23)14-8-6-13(17)7-9-14/h5-9,11-12,20H,1,10H2,2-4H3/t12-/m1/s1. The van der Waals surface area contributed by atoms with Gasteiger partial charge in [-0.2, -0.15) is 0 Å². The maximum Gasteiger partial charge on any atom is 0.241 e. The Morgan fingerprint density at radius 1 is 1.28 bits per heavy atom. The van der Waals surface area contributed by atoms with Crippen LogP contribution >= 0.6 is 23.4 Å². The molecule has 0 aliphatic rings. The number of nitrogens with zero attached hydrogens (tertiary/aromatic N) is 3. The summed E-state index contributed by atoms with van der Waals surface area (Å²) in [4.78, 5) is 0.153. The van der Waals surface area contributed by atoms with Gasteiger partial charge in [0, 0.05) is 16.8 Å². The quantitative estimate of drug-likeness (QED) is 0.538. The summed E-state index contributed by atoms with van der Waals surface area (Å²) in [7, 11) is -3.69. The van der Waals surface area contributed by atoms with Gasteiger partial charge in [-0.1, -0.05) is 29.4 Å². The zero-order valence-electron chi connectivity index (χ0n) is 14.3. The van der Waals surface area contributed by atoms with Crippen LogP contribution in [0.1, 0.15) is 38.7 Å². The Morgan fingerprint density at radius 3 is 2.48 bits per heavy atom. The van der Waals surface area contributed by atoms with Crippen molar-refractivity contribution in [3.05, 3.63) is 47.8 Å². The number of rotatable bonds is 8. The SMILES string of the molecule is C=CCSc1nnc([C@@H](C)NS(=O)(=O)c2ccc(Cl)cc2)n1C(C)C. The van der Waals surface area contributed by atoms with E-state index < -0.39 is 16.1 Å². The first-order valence-electron chi connectivity index (χ1n) is 7.72. The van der Waals surface area contributed by atoms with Gasteiger partial charge in [-0.25, -0.2) is 13.1 Å². The third kappa shape index (κ3) is 4.84. The fourth-order valence-corrected chi connectivity index (χ4v) is 4.40. The molecule has 9 heteroatoms. The second kappa shape index (κ2) is 8.35. The van der Waals surface area contributed by atoms with Crippen LogP contribution in [0.5, 0.6) is 0 Å². The summed E-state index contributed by atoms with van der Waals surface area (Å²) in [5, 5.41) is 9.60. The highest BCUT2D eigenvalue weighted by Crippen LogP contribution is 2.25. The average Bonchev–Trinajstić information content (AvgIpc) is 2.97. The molecule has 0 aliphatic heterocycles. The van der Waals surface area contributed by atoms with Gasteiger partial charge < -0.3 is 4.57 Å². The van der Waals surface area contributed by atoms with Gasteiger partial charge >= 0.3 is 0 Å². The highest BCUT2D eigenvalue weighted by atomic mass is 35.5. The second-order valence-electron chi connectivity index (χ2n) is 5.70. The van der Waals surface area contributed by atoms with Crippen LogP contribution in [-0.4, -0.2) is 28.9 Å². The van der Waals surface area contributed by atoms with Crippen molar-refractivity contribution in [1.29, 1.82) is 0 Å². The van der Waals surface area contributed by atoms with Crippen LogP contribution in [0.2, 0.25) is 5.02 Å². The number of benzene rings is 1. The van der Waals surface area contributed by atoms with Crippen molar-refractivity contribution in [3.63, 3.8) is 0 Å². The van der Waals surface area contributed by atoms with Crippen molar-refractivity contribution in [2.45, 2.75) is 42.9 Å². The number of hydrogen-bond acceptors (Lipinski definition) is 5. The summed E-state index contributed by atoms with van der Waals surface area (Å²) in [5.74, 6) is 1.27. The molecule has 1 N–H and O–H groups in total. The first-order chi connectivity index (χ1) is 11.8. The highest BCUT2D eigenvalue weighted by molar-refractivity contribution is 7.99. The number of sulfonamides is 1. The fourth-order valence-electron chi connectivity index (χ4n) is 2.27. The molecule has 1 aromatic carbocycles. The maximum absolute atomic E-state index is 12.6. The van der Waals surface area contributed by atoms with Crippen LogP contribution in [0.4, 0.5) is 0 Å². The molecule has 6 nitrogen and oxygen atoms in total. The van der Waals surface area contributed by atoms with E-state index in [1.165, 1.54) is 23.9 Å². The molecule has 25 heavy (non-hydrogen) atoms. The largest absolute Gasteiger partial charge is 0.302 e. The van der Waals surface area contributed by atoms with E-state index in [1.54, 1.807) is 25.1 Å². The maximum atomic E-state index is 12.6. The van der Waals surface area contributed by atoms with Gasteiger partial charge in [-0.15, -0.1) is 16.8 Å². The van der Waals surface area contributed by atoms with Crippen molar-refractivity contribution < 1.29 is 8.42 Å². The van der Waals surface area contributed by atoms with Gasteiger partial charge in [-0.3, -0.25) is 0 Å². The molecule has 136 valence electrons. The molecule has 0 amide bonds. The van der Waals surface area contributed by atoms with E-state index in [2.05, 4.69) is 21.5 Å². The predicted octanol–water partition coefficient (Wildman–Crippen LogP) is 3.83. The first-order valence-corrected chi connectivity index (χ1v) is 10.6. The highest BCUT2D eigenvalue weighted by Gasteiger charge is 2.24. The van der Waals surface area contributed by atoms with Gasteiger partial charge in [-0.05, 0) is 45.0 Å². The minimum absolute atomic E-state index is 0.0970. The Labute approximate surface area is 157 Å². The number of aromatic nitrogens is 3. The molecule has 1 heterocycles. The van der Waals surface area contributed by atoms with Crippen LogP contribution < -0.4 is 4.72 Å². The van der Waals surface area contributed by atoms with Gasteiger partial charge in [0.2, 0.25) is 10.0 Å². The first kappa shape index (κ1) is 20.0. The van der Waals surface area contributed by atoms with Crippen molar-refractivity contribution in [3.8, 4) is 0 Å².